The molecule has 210 valence electrons. The van der Waals surface area contributed by atoms with Gasteiger partial charge in [0.05, 0.1) is 31.5 Å². The number of hydrogen-bond donors (Lipinski definition) is 2. The Balaban J connectivity index is 0.00000205. The summed E-state index contributed by atoms with van der Waals surface area (Å²) in [6.07, 6.45) is 1.54. The van der Waals surface area contributed by atoms with Crippen LogP contribution in [-0.4, -0.2) is 50.0 Å². The molecule has 4 rings (SSSR count). The van der Waals surface area contributed by atoms with Gasteiger partial charge in [-0.25, -0.2) is 13.8 Å². The van der Waals surface area contributed by atoms with Crippen molar-refractivity contribution >= 4 is 17.5 Å². The van der Waals surface area contributed by atoms with Crippen molar-refractivity contribution in [3.05, 3.63) is 70.6 Å². The van der Waals surface area contributed by atoms with E-state index in [1.165, 1.54) is 50.6 Å². The van der Waals surface area contributed by atoms with E-state index in [0.29, 0.717) is 28.5 Å². The van der Waals surface area contributed by atoms with E-state index in [0.717, 1.165) is 12.8 Å². The number of amides is 1. The topological polar surface area (TPSA) is 89.9 Å². The molecule has 0 bridgehead atoms. The third-order valence-electron chi connectivity index (χ3n) is 6.25. The first-order chi connectivity index (χ1) is 18.8. The summed E-state index contributed by atoms with van der Waals surface area (Å²) >= 11 is 5.97. The van der Waals surface area contributed by atoms with E-state index in [-0.39, 0.29) is 35.4 Å². The van der Waals surface area contributed by atoms with E-state index in [4.69, 9.17) is 25.8 Å². The van der Waals surface area contributed by atoms with Crippen LogP contribution in [0.4, 0.5) is 8.78 Å². The quantitative estimate of drug-likeness (QED) is 0.300. The molecule has 1 unspecified atom stereocenters. The Morgan fingerprint density at radius 1 is 1.08 bits per heavy atom. The lowest BCUT2D eigenvalue weighted by molar-refractivity contribution is 0.00953. The fraction of sp³-hybridized carbons (Fsp3) is 0.379. The minimum atomic E-state index is -1.45. The Bertz CT molecular complexity index is 1290. The predicted molar refractivity (Wildman–Crippen MR) is 146 cm³/mol. The first-order valence-electron chi connectivity index (χ1n) is 12.7. The molecule has 7 nitrogen and oxygen atoms in total. The molecule has 1 fully saturated rings. The number of pyridine rings is 1. The van der Waals surface area contributed by atoms with Crippen molar-refractivity contribution in [2.75, 3.05) is 34.0 Å². The largest absolute Gasteiger partial charge is 0.494 e. The number of rotatable bonds is 11. The number of nitrogens with one attached hydrogen (secondary N) is 1. The number of hydrogen-bond acceptors (Lipinski definition) is 6. The summed E-state index contributed by atoms with van der Waals surface area (Å²) in [4.78, 5) is 17.6. The number of alkyl halides is 1. The number of carbonyl (C=O) groups is 1. The zero-order valence-corrected chi connectivity index (χ0v) is 23.1. The van der Waals surface area contributed by atoms with Crippen LogP contribution in [0.25, 0.3) is 11.3 Å². The second-order valence-electron chi connectivity index (χ2n) is 8.66. The zero-order chi connectivity index (χ0) is 28.6. The molecule has 1 aromatic heterocycles. The van der Waals surface area contributed by atoms with Crippen LogP contribution in [0.3, 0.4) is 0 Å². The molecule has 1 amide bonds. The predicted octanol–water partition coefficient (Wildman–Crippen LogP) is 5.96. The van der Waals surface area contributed by atoms with E-state index in [9.17, 15) is 18.7 Å². The third kappa shape index (κ3) is 6.96. The van der Waals surface area contributed by atoms with E-state index >= 15 is 0 Å². The Labute approximate surface area is 232 Å². The maximum absolute atomic E-state index is 13.7. The maximum atomic E-state index is 13.7. The van der Waals surface area contributed by atoms with E-state index < -0.39 is 24.0 Å². The Morgan fingerprint density at radius 3 is 2.38 bits per heavy atom. The van der Waals surface area contributed by atoms with Gasteiger partial charge in [0, 0.05) is 11.1 Å². The Hall–Kier alpha value is -3.43. The molecular formula is C29H33ClF2N2O5. The van der Waals surface area contributed by atoms with Gasteiger partial charge < -0.3 is 24.6 Å². The maximum Gasteiger partial charge on any atom is 0.251 e. The highest BCUT2D eigenvalue weighted by molar-refractivity contribution is 6.31. The molecule has 2 N–H and O–H groups in total. The first kappa shape index (κ1) is 30.1. The monoisotopic (exact) mass is 562 g/mol. The summed E-state index contributed by atoms with van der Waals surface area (Å²) in [6.45, 7) is 3.12. The van der Waals surface area contributed by atoms with Crippen LogP contribution >= 0.6 is 11.6 Å². The molecular weight excluding hydrogens is 530 g/mol. The SMILES string of the molecule is CC.COc1cc(C(=O)NCC(O)(c2ccc(OC)c(-c3ccc(F)c(Cl)c3)n2)C2CC2)ccc1OCCF. The lowest BCUT2D eigenvalue weighted by atomic mass is 9.92. The number of carbonyl (C=O) groups excluding carboxylic acids is 1. The van der Waals surface area contributed by atoms with Crippen molar-refractivity contribution in [1.82, 2.24) is 10.3 Å². The lowest BCUT2D eigenvalue weighted by Crippen LogP contribution is -2.43. The Kier molecular flexibility index (Phi) is 10.5. The molecule has 1 aliphatic carbocycles. The number of aliphatic hydroxyl groups is 1. The van der Waals surface area contributed by atoms with Crippen LogP contribution in [0.2, 0.25) is 5.02 Å². The third-order valence-corrected chi connectivity index (χ3v) is 6.54. The molecule has 3 aromatic rings. The first-order valence-corrected chi connectivity index (χ1v) is 13.1. The number of ether oxygens (including phenoxy) is 3. The van der Waals surface area contributed by atoms with Gasteiger partial charge in [-0.1, -0.05) is 25.4 Å². The second-order valence-corrected chi connectivity index (χ2v) is 9.07. The molecule has 39 heavy (non-hydrogen) atoms. The summed E-state index contributed by atoms with van der Waals surface area (Å²) in [5.41, 5.74) is 0.0933. The molecule has 2 aromatic carbocycles. The van der Waals surface area contributed by atoms with Gasteiger partial charge in [0.1, 0.15) is 36.1 Å². The molecule has 10 heteroatoms. The van der Waals surface area contributed by atoms with Gasteiger partial charge in [-0.15, -0.1) is 0 Å². The number of nitrogens with zero attached hydrogens (tertiary/aromatic N) is 1. The smallest absolute Gasteiger partial charge is 0.251 e. The summed E-state index contributed by atoms with van der Waals surface area (Å²) in [6, 6.07) is 12.1. The van der Waals surface area contributed by atoms with Crippen molar-refractivity contribution in [3.8, 4) is 28.5 Å². The van der Waals surface area contributed by atoms with Gasteiger partial charge in [0.15, 0.2) is 11.5 Å². The fourth-order valence-electron chi connectivity index (χ4n) is 4.10. The van der Waals surface area contributed by atoms with Crippen LogP contribution in [0.5, 0.6) is 17.2 Å². The zero-order valence-electron chi connectivity index (χ0n) is 22.4. The van der Waals surface area contributed by atoms with Gasteiger partial charge in [0.25, 0.3) is 5.91 Å². The highest BCUT2D eigenvalue weighted by Crippen LogP contribution is 2.46. The summed E-state index contributed by atoms with van der Waals surface area (Å²) in [5.74, 6) is -0.0648. The van der Waals surface area contributed by atoms with Gasteiger partial charge in [0.2, 0.25) is 0 Å². The van der Waals surface area contributed by atoms with Crippen LogP contribution in [0, 0.1) is 11.7 Å². The van der Waals surface area contributed by atoms with Crippen LogP contribution in [0.15, 0.2) is 48.5 Å². The van der Waals surface area contributed by atoms with Gasteiger partial charge in [-0.2, -0.15) is 0 Å². The van der Waals surface area contributed by atoms with E-state index in [2.05, 4.69) is 10.3 Å². The van der Waals surface area contributed by atoms with E-state index in [1.807, 2.05) is 13.8 Å². The summed E-state index contributed by atoms with van der Waals surface area (Å²) < 4.78 is 42.2. The van der Waals surface area contributed by atoms with Crippen molar-refractivity contribution in [2.45, 2.75) is 32.3 Å². The molecule has 0 spiro atoms. The van der Waals surface area contributed by atoms with Crippen LogP contribution in [-0.2, 0) is 5.60 Å². The molecule has 1 aliphatic rings. The number of aromatic nitrogens is 1. The Morgan fingerprint density at radius 2 is 1.77 bits per heavy atom. The molecule has 1 saturated carbocycles. The minimum Gasteiger partial charge on any atom is -0.494 e. The van der Waals surface area contributed by atoms with E-state index in [1.54, 1.807) is 12.1 Å². The second kappa shape index (κ2) is 13.6. The summed E-state index contributed by atoms with van der Waals surface area (Å²) in [5, 5.41) is 14.4. The lowest BCUT2D eigenvalue weighted by Gasteiger charge is -2.29. The average Bonchev–Trinajstić information content (AvgIpc) is 3.83. The van der Waals surface area contributed by atoms with Crippen LogP contribution in [0.1, 0.15) is 42.7 Å². The fourth-order valence-corrected chi connectivity index (χ4v) is 4.28. The van der Waals surface area contributed by atoms with Crippen molar-refractivity contribution in [3.63, 3.8) is 0 Å². The highest BCUT2D eigenvalue weighted by Gasteiger charge is 2.46. The molecule has 1 atom stereocenters. The van der Waals surface area contributed by atoms with Crippen LogP contribution < -0.4 is 19.5 Å². The van der Waals surface area contributed by atoms with Crippen molar-refractivity contribution in [1.29, 1.82) is 0 Å². The standard InChI is InChI=1S/C27H27ClF2N2O5.C2H6/c1-35-22-9-10-24(32-25(22)16-3-7-20(30)19(28)13-16)27(34,18-5-6-18)15-31-26(33)17-4-8-21(37-12-11-29)23(14-17)36-2;1-2/h3-4,7-10,13-14,18,34H,5-6,11-12,15H2,1-2H3,(H,31,33);1-2H3. The minimum absolute atomic E-state index is 0.0620. The summed E-state index contributed by atoms with van der Waals surface area (Å²) in [7, 11) is 2.91. The average molecular weight is 563 g/mol. The number of halogens is 3. The van der Waals surface area contributed by atoms with Crippen molar-refractivity contribution in [2.24, 2.45) is 5.92 Å². The molecule has 0 aliphatic heterocycles. The van der Waals surface area contributed by atoms with Gasteiger partial charge >= 0.3 is 0 Å². The molecule has 0 saturated heterocycles. The number of methoxy groups -OCH3 is 2. The highest BCUT2D eigenvalue weighted by atomic mass is 35.5. The van der Waals surface area contributed by atoms with Gasteiger partial charge in [-0.05, 0) is 67.3 Å². The van der Waals surface area contributed by atoms with Crippen molar-refractivity contribution < 1.29 is 32.9 Å². The molecule has 0 radical (unpaired) electrons. The normalized spacial score (nSPS) is 13.9. The van der Waals surface area contributed by atoms with Gasteiger partial charge in [-0.3, -0.25) is 4.79 Å². The molecule has 1 heterocycles. The number of benzene rings is 2.